The van der Waals surface area contributed by atoms with E-state index < -0.39 is 5.97 Å². The number of oxazole rings is 1. The van der Waals surface area contributed by atoms with Crippen molar-refractivity contribution in [2.24, 2.45) is 0 Å². The molecule has 14 heavy (non-hydrogen) atoms. The Kier molecular flexibility index (Phi) is 3.64. The van der Waals surface area contributed by atoms with E-state index in [0.717, 1.165) is 0 Å². The topological polar surface area (TPSA) is 64.4 Å². The molecule has 1 aromatic heterocycles. The third-order valence-electron chi connectivity index (χ3n) is 1.91. The number of hydrogen-bond donors (Lipinski definition) is 1. The molecule has 0 spiro atoms. The minimum atomic E-state index is -0.499. The van der Waals surface area contributed by atoms with Gasteiger partial charge in [-0.25, -0.2) is 9.78 Å². The molecule has 1 heterocycles. The number of rotatable bonds is 4. The van der Waals surface area contributed by atoms with Gasteiger partial charge < -0.3 is 14.5 Å². The summed E-state index contributed by atoms with van der Waals surface area (Å²) in [6.07, 6.45) is 2.02. The summed E-state index contributed by atoms with van der Waals surface area (Å²) in [4.78, 5) is 15.0. The summed E-state index contributed by atoms with van der Waals surface area (Å²) in [7, 11) is 3.16. The van der Waals surface area contributed by atoms with Crippen molar-refractivity contribution in [1.29, 1.82) is 0 Å². The Morgan fingerprint density at radius 2 is 2.50 bits per heavy atom. The zero-order chi connectivity index (χ0) is 10.6. The van der Waals surface area contributed by atoms with Gasteiger partial charge in [-0.3, -0.25) is 0 Å². The molecule has 0 amide bonds. The van der Waals surface area contributed by atoms with Crippen molar-refractivity contribution < 1.29 is 13.9 Å². The number of esters is 1. The van der Waals surface area contributed by atoms with Crippen LogP contribution in [0.5, 0.6) is 0 Å². The molecule has 0 aliphatic carbocycles. The van der Waals surface area contributed by atoms with Crippen molar-refractivity contribution in [1.82, 2.24) is 10.3 Å². The number of carbonyl (C=O) groups is 1. The summed E-state index contributed by atoms with van der Waals surface area (Å²) >= 11 is 0. The van der Waals surface area contributed by atoms with Gasteiger partial charge >= 0.3 is 5.97 Å². The molecule has 0 saturated carbocycles. The third kappa shape index (κ3) is 2.56. The van der Waals surface area contributed by atoms with Gasteiger partial charge in [-0.2, -0.15) is 0 Å². The fourth-order valence-corrected chi connectivity index (χ4v) is 0.964. The first-order valence-electron chi connectivity index (χ1n) is 4.37. The number of aromatic nitrogens is 1. The van der Waals surface area contributed by atoms with Gasteiger partial charge in [0.25, 0.3) is 0 Å². The maximum absolute atomic E-state index is 11.0. The Morgan fingerprint density at radius 1 is 1.79 bits per heavy atom. The van der Waals surface area contributed by atoms with Gasteiger partial charge in [0.1, 0.15) is 0 Å². The number of ether oxygens (including phenoxy) is 1. The van der Waals surface area contributed by atoms with Crippen molar-refractivity contribution in [3.8, 4) is 0 Å². The molecule has 5 heteroatoms. The Bertz CT molecular complexity index is 309. The van der Waals surface area contributed by atoms with Crippen LogP contribution >= 0.6 is 0 Å². The summed E-state index contributed by atoms with van der Waals surface area (Å²) in [5, 5.41) is 3.05. The molecule has 0 bridgehead atoms. The normalized spacial score (nSPS) is 12.5. The summed E-state index contributed by atoms with van der Waals surface area (Å²) in [6, 6.07) is 0.263. The van der Waals surface area contributed by atoms with E-state index in [9.17, 15) is 4.79 Å². The van der Waals surface area contributed by atoms with Crippen LogP contribution in [0, 0.1) is 0 Å². The smallest absolute Gasteiger partial charge is 0.375 e. The predicted molar refractivity (Wildman–Crippen MR) is 50.1 cm³/mol. The van der Waals surface area contributed by atoms with Crippen molar-refractivity contribution in [2.45, 2.75) is 19.4 Å². The maximum Gasteiger partial charge on any atom is 0.375 e. The van der Waals surface area contributed by atoms with Crippen LogP contribution in [0.25, 0.3) is 0 Å². The van der Waals surface area contributed by atoms with Gasteiger partial charge in [-0.15, -0.1) is 0 Å². The number of nitrogens with one attached hydrogen (secondary N) is 1. The lowest BCUT2D eigenvalue weighted by Gasteiger charge is -2.05. The van der Waals surface area contributed by atoms with E-state index in [1.54, 1.807) is 0 Å². The van der Waals surface area contributed by atoms with Gasteiger partial charge in [0.15, 0.2) is 5.89 Å². The molecule has 0 saturated heterocycles. The first kappa shape index (κ1) is 10.7. The second kappa shape index (κ2) is 4.76. The Hall–Kier alpha value is -1.36. The molecule has 78 valence electrons. The molecular formula is C9H14N2O3. The summed E-state index contributed by atoms with van der Waals surface area (Å²) in [6.45, 7) is 2.00. The lowest BCUT2D eigenvalue weighted by atomic mass is 10.2. The minimum absolute atomic E-state index is 0.144. The maximum atomic E-state index is 11.0. The molecule has 0 radical (unpaired) electrons. The van der Waals surface area contributed by atoms with E-state index in [4.69, 9.17) is 4.42 Å². The van der Waals surface area contributed by atoms with E-state index in [0.29, 0.717) is 12.3 Å². The van der Waals surface area contributed by atoms with Gasteiger partial charge in [0, 0.05) is 12.5 Å². The molecule has 1 atom stereocenters. The molecule has 1 N–H and O–H groups in total. The highest BCUT2D eigenvalue weighted by Gasteiger charge is 2.13. The molecule has 1 unspecified atom stereocenters. The van der Waals surface area contributed by atoms with Crippen LogP contribution in [-0.2, 0) is 11.2 Å². The van der Waals surface area contributed by atoms with Crippen LogP contribution in [0.15, 0.2) is 10.6 Å². The summed E-state index contributed by atoms with van der Waals surface area (Å²) in [5.74, 6) is 0.180. The summed E-state index contributed by atoms with van der Waals surface area (Å²) < 4.78 is 9.68. The first-order valence-corrected chi connectivity index (χ1v) is 4.37. The zero-order valence-corrected chi connectivity index (χ0v) is 8.53. The van der Waals surface area contributed by atoms with Gasteiger partial charge in [0.2, 0.25) is 5.76 Å². The highest BCUT2D eigenvalue weighted by molar-refractivity contribution is 5.85. The Morgan fingerprint density at radius 3 is 3.07 bits per heavy atom. The number of carbonyl (C=O) groups excluding carboxylic acids is 1. The lowest BCUT2D eigenvalue weighted by Crippen LogP contribution is -2.23. The molecule has 0 fully saturated rings. The van der Waals surface area contributed by atoms with Crippen LogP contribution < -0.4 is 5.32 Å². The monoisotopic (exact) mass is 198 g/mol. The Labute approximate surface area is 82.5 Å². The SMILES string of the molecule is CNC(C)Cc1ncc(C(=O)OC)o1. The highest BCUT2D eigenvalue weighted by atomic mass is 16.5. The second-order valence-electron chi connectivity index (χ2n) is 3.00. The van der Waals surface area contributed by atoms with E-state index in [-0.39, 0.29) is 11.8 Å². The summed E-state index contributed by atoms with van der Waals surface area (Å²) in [5.41, 5.74) is 0. The van der Waals surface area contributed by atoms with Crippen LogP contribution in [0.3, 0.4) is 0 Å². The van der Waals surface area contributed by atoms with E-state index in [1.807, 2.05) is 14.0 Å². The quantitative estimate of drug-likeness (QED) is 0.718. The van der Waals surface area contributed by atoms with Gasteiger partial charge in [0.05, 0.1) is 13.3 Å². The number of likely N-dealkylation sites (N-methyl/N-ethyl adjacent to an activating group) is 1. The second-order valence-corrected chi connectivity index (χ2v) is 3.00. The number of hydrogen-bond acceptors (Lipinski definition) is 5. The standard InChI is InChI=1S/C9H14N2O3/c1-6(10-2)4-8-11-5-7(14-8)9(12)13-3/h5-6,10H,4H2,1-3H3. The highest BCUT2D eigenvalue weighted by Crippen LogP contribution is 2.06. The molecule has 1 aromatic rings. The fraction of sp³-hybridized carbons (Fsp3) is 0.556. The van der Waals surface area contributed by atoms with Crippen LogP contribution in [0.4, 0.5) is 0 Å². The van der Waals surface area contributed by atoms with Gasteiger partial charge in [-0.05, 0) is 14.0 Å². The molecule has 0 aliphatic rings. The molecule has 1 rings (SSSR count). The average molecular weight is 198 g/mol. The third-order valence-corrected chi connectivity index (χ3v) is 1.91. The molecular weight excluding hydrogens is 184 g/mol. The number of nitrogens with zero attached hydrogens (tertiary/aromatic N) is 1. The van der Waals surface area contributed by atoms with Crippen LogP contribution in [0.2, 0.25) is 0 Å². The Balaban J connectivity index is 2.63. The molecule has 0 aliphatic heterocycles. The van der Waals surface area contributed by atoms with Crippen molar-refractivity contribution >= 4 is 5.97 Å². The molecule has 0 aromatic carbocycles. The van der Waals surface area contributed by atoms with E-state index >= 15 is 0 Å². The predicted octanol–water partition coefficient (Wildman–Crippen LogP) is 0.612. The largest absolute Gasteiger partial charge is 0.463 e. The average Bonchev–Trinajstić information content (AvgIpc) is 2.65. The van der Waals surface area contributed by atoms with E-state index in [2.05, 4.69) is 15.0 Å². The fourth-order valence-electron chi connectivity index (χ4n) is 0.964. The molecule has 5 nitrogen and oxygen atoms in total. The zero-order valence-electron chi connectivity index (χ0n) is 8.53. The minimum Gasteiger partial charge on any atom is -0.463 e. The first-order chi connectivity index (χ1) is 6.67. The van der Waals surface area contributed by atoms with Gasteiger partial charge in [-0.1, -0.05) is 0 Å². The lowest BCUT2D eigenvalue weighted by molar-refractivity contribution is 0.0563. The van der Waals surface area contributed by atoms with Crippen LogP contribution in [-0.4, -0.2) is 31.2 Å². The van der Waals surface area contributed by atoms with Crippen molar-refractivity contribution in [2.75, 3.05) is 14.2 Å². The number of methoxy groups -OCH3 is 1. The van der Waals surface area contributed by atoms with Crippen molar-refractivity contribution in [3.05, 3.63) is 17.8 Å². The van der Waals surface area contributed by atoms with Crippen LogP contribution in [0.1, 0.15) is 23.4 Å². The van der Waals surface area contributed by atoms with E-state index in [1.165, 1.54) is 13.3 Å². The van der Waals surface area contributed by atoms with Crippen molar-refractivity contribution in [3.63, 3.8) is 0 Å².